The van der Waals surface area contributed by atoms with Gasteiger partial charge in [0.15, 0.2) is 6.20 Å². The Morgan fingerprint density at radius 2 is 1.79 bits per heavy atom. The number of nitrogens with zero attached hydrogens (tertiary/aromatic N) is 1. The fourth-order valence-corrected chi connectivity index (χ4v) is 2.31. The zero-order valence-electron chi connectivity index (χ0n) is 11.9. The lowest BCUT2D eigenvalue weighted by molar-refractivity contribution is -0.660. The lowest BCUT2D eigenvalue weighted by Gasteiger charge is -2.09. The molecule has 1 heteroatoms. The minimum absolute atomic E-state index is 1.25. The summed E-state index contributed by atoms with van der Waals surface area (Å²) in [6.07, 6.45) is 8.05. The Morgan fingerprint density at radius 1 is 1.05 bits per heavy atom. The van der Waals surface area contributed by atoms with Gasteiger partial charge in [0.25, 0.3) is 0 Å². The highest BCUT2D eigenvalue weighted by atomic mass is 14.9. The summed E-state index contributed by atoms with van der Waals surface area (Å²) in [5.41, 5.74) is 6.33. The van der Waals surface area contributed by atoms with Crippen molar-refractivity contribution in [1.29, 1.82) is 0 Å². The second-order valence-electron chi connectivity index (χ2n) is 4.78. The quantitative estimate of drug-likeness (QED) is 0.573. The number of rotatable bonds is 3. The molecule has 1 aromatic carbocycles. The van der Waals surface area contributed by atoms with E-state index >= 15 is 0 Å². The average molecular weight is 250 g/mol. The van der Waals surface area contributed by atoms with Crippen LogP contribution in [0.5, 0.6) is 0 Å². The van der Waals surface area contributed by atoms with E-state index < -0.39 is 0 Å². The van der Waals surface area contributed by atoms with E-state index in [0.29, 0.717) is 0 Å². The lowest BCUT2D eigenvalue weighted by atomic mass is 9.97. The Labute approximate surface area is 115 Å². The highest BCUT2D eigenvalue weighted by Crippen LogP contribution is 2.26. The Balaban J connectivity index is 2.75. The van der Waals surface area contributed by atoms with Crippen LogP contribution in [-0.4, -0.2) is 0 Å². The van der Waals surface area contributed by atoms with Crippen molar-refractivity contribution in [2.45, 2.75) is 13.8 Å². The molecular weight excluding hydrogens is 230 g/mol. The van der Waals surface area contributed by atoms with E-state index in [9.17, 15) is 0 Å². The summed E-state index contributed by atoms with van der Waals surface area (Å²) in [6, 6.07) is 10.6. The van der Waals surface area contributed by atoms with E-state index in [1.54, 1.807) is 0 Å². The van der Waals surface area contributed by atoms with Gasteiger partial charge in [-0.05, 0) is 37.1 Å². The molecule has 0 N–H and O–H groups in total. The van der Waals surface area contributed by atoms with Crippen LogP contribution in [0.3, 0.4) is 0 Å². The van der Waals surface area contributed by atoms with Gasteiger partial charge in [-0.3, -0.25) is 0 Å². The second-order valence-corrected chi connectivity index (χ2v) is 4.78. The first-order chi connectivity index (χ1) is 9.15. The maximum absolute atomic E-state index is 3.75. The van der Waals surface area contributed by atoms with Crippen LogP contribution >= 0.6 is 0 Å². The second kappa shape index (κ2) is 5.66. The van der Waals surface area contributed by atoms with E-state index in [2.05, 4.69) is 74.6 Å². The molecular formula is C18H20N+. The van der Waals surface area contributed by atoms with Crippen LogP contribution < -0.4 is 4.57 Å². The van der Waals surface area contributed by atoms with Gasteiger partial charge in [0.1, 0.15) is 7.05 Å². The number of benzene rings is 1. The molecule has 0 saturated carbocycles. The van der Waals surface area contributed by atoms with Crippen molar-refractivity contribution in [3.05, 3.63) is 72.0 Å². The molecule has 1 nitrogen and oxygen atoms in total. The summed E-state index contributed by atoms with van der Waals surface area (Å²) in [5.74, 6) is 0. The molecule has 0 atom stereocenters. The van der Waals surface area contributed by atoms with E-state index in [1.165, 1.54) is 27.9 Å². The third-order valence-electron chi connectivity index (χ3n) is 3.38. The predicted octanol–water partition coefficient (Wildman–Crippen LogP) is 3.99. The zero-order valence-corrected chi connectivity index (χ0v) is 11.9. The molecule has 0 spiro atoms. The number of aryl methyl sites for hydroxylation is 3. The SMILES string of the molecule is C=C/C=C\c1c(C)cc[n+](C)c1-c1ccccc1C. The van der Waals surface area contributed by atoms with Crippen molar-refractivity contribution in [1.82, 2.24) is 0 Å². The van der Waals surface area contributed by atoms with Crippen LogP contribution in [0.4, 0.5) is 0 Å². The van der Waals surface area contributed by atoms with E-state index in [1.807, 2.05) is 12.2 Å². The molecule has 0 fully saturated rings. The number of hydrogen-bond donors (Lipinski definition) is 0. The van der Waals surface area contributed by atoms with Crippen LogP contribution in [0.2, 0.25) is 0 Å². The maximum Gasteiger partial charge on any atom is 0.220 e. The highest BCUT2D eigenvalue weighted by Gasteiger charge is 2.17. The molecule has 2 aromatic rings. The van der Waals surface area contributed by atoms with Gasteiger partial charge in [0.05, 0.1) is 0 Å². The largest absolute Gasteiger partial charge is 0.220 e. The first-order valence-corrected chi connectivity index (χ1v) is 6.49. The molecule has 1 aromatic heterocycles. The zero-order chi connectivity index (χ0) is 13.8. The predicted molar refractivity (Wildman–Crippen MR) is 81.8 cm³/mol. The molecule has 0 saturated heterocycles. The average Bonchev–Trinajstić information content (AvgIpc) is 2.41. The molecule has 0 bridgehead atoms. The third kappa shape index (κ3) is 2.65. The third-order valence-corrected chi connectivity index (χ3v) is 3.38. The summed E-state index contributed by atoms with van der Waals surface area (Å²) in [6.45, 7) is 8.05. The smallest absolute Gasteiger partial charge is 0.200 e. The van der Waals surface area contributed by atoms with E-state index in [0.717, 1.165) is 0 Å². The summed E-state index contributed by atoms with van der Waals surface area (Å²) >= 11 is 0. The molecule has 0 radical (unpaired) electrons. The van der Waals surface area contributed by atoms with Crippen molar-refractivity contribution in [3.63, 3.8) is 0 Å². The van der Waals surface area contributed by atoms with Crippen LogP contribution in [0.25, 0.3) is 17.3 Å². The summed E-state index contributed by atoms with van der Waals surface area (Å²) in [4.78, 5) is 0. The van der Waals surface area contributed by atoms with Gasteiger partial charge in [-0.25, -0.2) is 4.57 Å². The molecule has 0 aliphatic carbocycles. The first kappa shape index (κ1) is 13.3. The molecule has 0 unspecified atom stereocenters. The van der Waals surface area contributed by atoms with Crippen molar-refractivity contribution in [2.75, 3.05) is 0 Å². The summed E-state index contributed by atoms with van der Waals surface area (Å²) < 4.78 is 2.18. The van der Waals surface area contributed by atoms with Gasteiger partial charge in [-0.1, -0.05) is 36.9 Å². The van der Waals surface area contributed by atoms with Gasteiger partial charge < -0.3 is 0 Å². The first-order valence-electron chi connectivity index (χ1n) is 6.49. The Bertz CT molecular complexity index is 636. The highest BCUT2D eigenvalue weighted by molar-refractivity contribution is 5.73. The Morgan fingerprint density at radius 3 is 2.47 bits per heavy atom. The molecule has 0 aliphatic heterocycles. The van der Waals surface area contributed by atoms with Gasteiger partial charge in [0, 0.05) is 17.2 Å². The van der Waals surface area contributed by atoms with E-state index in [4.69, 9.17) is 0 Å². The van der Waals surface area contributed by atoms with Crippen LogP contribution in [0.1, 0.15) is 16.7 Å². The minimum atomic E-state index is 1.25. The number of pyridine rings is 1. The number of hydrogen-bond acceptors (Lipinski definition) is 0. The van der Waals surface area contributed by atoms with Gasteiger partial charge in [0.2, 0.25) is 5.69 Å². The van der Waals surface area contributed by atoms with E-state index in [-0.39, 0.29) is 0 Å². The lowest BCUT2D eigenvalue weighted by Crippen LogP contribution is -2.32. The van der Waals surface area contributed by atoms with Gasteiger partial charge >= 0.3 is 0 Å². The molecule has 2 rings (SSSR count). The monoisotopic (exact) mass is 250 g/mol. The fourth-order valence-electron chi connectivity index (χ4n) is 2.31. The molecule has 96 valence electrons. The van der Waals surface area contributed by atoms with Crippen molar-refractivity contribution in [3.8, 4) is 11.3 Å². The van der Waals surface area contributed by atoms with Crippen molar-refractivity contribution >= 4 is 6.08 Å². The topological polar surface area (TPSA) is 3.88 Å². The molecule has 1 heterocycles. The van der Waals surface area contributed by atoms with Crippen LogP contribution in [-0.2, 0) is 7.05 Å². The van der Waals surface area contributed by atoms with Gasteiger partial charge in [-0.2, -0.15) is 0 Å². The summed E-state index contributed by atoms with van der Waals surface area (Å²) in [5, 5.41) is 0. The standard InChI is InChI=1S/C18H20N/c1-5-6-10-16-15(3)12-13-19(4)18(16)17-11-8-7-9-14(17)2/h5-13H,1H2,2-4H3/q+1/b10-6-. The van der Waals surface area contributed by atoms with Gasteiger partial charge in [-0.15, -0.1) is 0 Å². The van der Waals surface area contributed by atoms with Crippen molar-refractivity contribution in [2.24, 2.45) is 7.05 Å². The Hall–Kier alpha value is -2.15. The minimum Gasteiger partial charge on any atom is -0.200 e. The van der Waals surface area contributed by atoms with Crippen LogP contribution in [0.15, 0.2) is 55.3 Å². The number of allylic oxidation sites excluding steroid dienone is 2. The molecule has 0 aliphatic rings. The van der Waals surface area contributed by atoms with Crippen molar-refractivity contribution < 1.29 is 4.57 Å². The normalized spacial score (nSPS) is 10.9. The summed E-state index contributed by atoms with van der Waals surface area (Å²) in [7, 11) is 2.09. The maximum atomic E-state index is 3.75. The van der Waals surface area contributed by atoms with Crippen LogP contribution in [0, 0.1) is 13.8 Å². The fraction of sp³-hybridized carbons (Fsp3) is 0.167. The Kier molecular flexibility index (Phi) is 3.96. The molecule has 0 amide bonds. The molecule has 19 heavy (non-hydrogen) atoms. The number of aromatic nitrogens is 1.